The lowest BCUT2D eigenvalue weighted by Crippen LogP contribution is -2.59. The van der Waals surface area contributed by atoms with Crippen LogP contribution in [0.1, 0.15) is 42.4 Å². The normalized spacial score (nSPS) is 19.1. The number of likely N-dealkylation sites (tertiary alicyclic amines) is 1. The van der Waals surface area contributed by atoms with Crippen molar-refractivity contribution in [3.8, 4) is 0 Å². The molecule has 2 aromatic rings. The van der Waals surface area contributed by atoms with E-state index in [4.69, 9.17) is 5.41 Å². The van der Waals surface area contributed by atoms with Crippen molar-refractivity contribution in [2.45, 2.75) is 50.9 Å². The van der Waals surface area contributed by atoms with Crippen molar-refractivity contribution in [2.24, 2.45) is 0 Å². The number of hydrogen-bond acceptors (Lipinski definition) is 4. The summed E-state index contributed by atoms with van der Waals surface area (Å²) in [5, 5.41) is 7.98. The summed E-state index contributed by atoms with van der Waals surface area (Å²) < 4.78 is 39.8. The molecule has 1 N–H and O–H groups in total. The second-order valence-corrected chi connectivity index (χ2v) is 9.88. The Morgan fingerprint density at radius 1 is 0.947 bits per heavy atom. The number of halogens is 3. The van der Waals surface area contributed by atoms with Gasteiger partial charge in [-0.3, -0.25) is 14.4 Å². The maximum absolute atomic E-state index is 13.3. The largest absolute Gasteiger partial charge is 0.416 e. The predicted molar refractivity (Wildman–Crippen MR) is 135 cm³/mol. The summed E-state index contributed by atoms with van der Waals surface area (Å²) in [5.41, 5.74) is 1.04. The van der Waals surface area contributed by atoms with Crippen LogP contribution in [0.5, 0.6) is 0 Å². The second kappa shape index (κ2) is 11.8. The van der Waals surface area contributed by atoms with Gasteiger partial charge >= 0.3 is 6.18 Å². The number of nitrogens with one attached hydrogen (secondary N) is 1. The summed E-state index contributed by atoms with van der Waals surface area (Å²) in [4.78, 5) is 43.2. The van der Waals surface area contributed by atoms with Crippen molar-refractivity contribution < 1.29 is 27.6 Å². The Kier molecular flexibility index (Phi) is 8.48. The van der Waals surface area contributed by atoms with Gasteiger partial charge in [-0.1, -0.05) is 42.5 Å². The summed E-state index contributed by atoms with van der Waals surface area (Å²) >= 11 is 0. The maximum atomic E-state index is 13.3. The van der Waals surface area contributed by atoms with Crippen LogP contribution in [0.2, 0.25) is 0 Å². The van der Waals surface area contributed by atoms with Gasteiger partial charge in [0.15, 0.2) is 0 Å². The first-order chi connectivity index (χ1) is 18.1. The van der Waals surface area contributed by atoms with Gasteiger partial charge in [-0.15, -0.1) is 0 Å². The number of aryl methyl sites for hydroxylation is 1. The van der Waals surface area contributed by atoms with Gasteiger partial charge < -0.3 is 20.1 Å². The quantitative estimate of drug-likeness (QED) is 0.592. The number of benzene rings is 2. The molecule has 2 aliphatic heterocycles. The van der Waals surface area contributed by atoms with E-state index in [-0.39, 0.29) is 56.9 Å². The minimum absolute atomic E-state index is 0.00597. The van der Waals surface area contributed by atoms with Gasteiger partial charge in [-0.2, -0.15) is 13.2 Å². The van der Waals surface area contributed by atoms with E-state index in [2.05, 4.69) is 0 Å². The highest BCUT2D eigenvalue weighted by atomic mass is 19.4. The molecule has 4 rings (SSSR count). The molecule has 0 spiro atoms. The summed E-state index contributed by atoms with van der Waals surface area (Å²) in [6, 6.07) is 14.2. The smallest absolute Gasteiger partial charge is 0.332 e. The van der Waals surface area contributed by atoms with Gasteiger partial charge in [0.05, 0.1) is 24.7 Å². The average molecular weight is 529 g/mol. The molecule has 38 heavy (non-hydrogen) atoms. The average Bonchev–Trinajstić information content (AvgIpc) is 3.04. The summed E-state index contributed by atoms with van der Waals surface area (Å²) in [5.74, 6) is -0.907. The number of alkyl halides is 3. The minimum atomic E-state index is -4.49. The Bertz CT molecular complexity index is 1190. The molecule has 2 aromatic carbocycles. The summed E-state index contributed by atoms with van der Waals surface area (Å²) in [6.45, 7) is -0.0834. The fourth-order valence-electron chi connectivity index (χ4n) is 4.97. The van der Waals surface area contributed by atoms with Crippen LogP contribution in [0, 0.1) is 5.41 Å². The number of rotatable bonds is 7. The lowest BCUT2D eigenvalue weighted by molar-refractivity contribution is -0.151. The number of amides is 3. The molecule has 7 nitrogen and oxygen atoms in total. The molecular formula is C28H31F3N4O3. The molecular weight excluding hydrogens is 497 g/mol. The Morgan fingerprint density at radius 2 is 1.68 bits per heavy atom. The first-order valence-corrected chi connectivity index (χ1v) is 12.7. The highest BCUT2D eigenvalue weighted by molar-refractivity contribution is 5.93. The first kappa shape index (κ1) is 27.3. The van der Waals surface area contributed by atoms with E-state index in [9.17, 15) is 27.6 Å². The van der Waals surface area contributed by atoms with Crippen LogP contribution in [-0.2, 0) is 33.5 Å². The number of piperazine rings is 1. The summed E-state index contributed by atoms with van der Waals surface area (Å²) in [6.07, 6.45) is -1.97. The van der Waals surface area contributed by atoms with Gasteiger partial charge in [0.25, 0.3) is 0 Å². The third-order valence-electron chi connectivity index (χ3n) is 7.02. The minimum Gasteiger partial charge on any atom is -0.332 e. The van der Waals surface area contributed by atoms with Gasteiger partial charge in [-0.25, -0.2) is 0 Å². The maximum Gasteiger partial charge on any atom is 0.416 e. The molecule has 2 saturated heterocycles. The molecule has 202 valence electrons. The van der Waals surface area contributed by atoms with Crippen LogP contribution in [-0.4, -0.2) is 70.4 Å². The molecule has 1 atom stereocenters. The van der Waals surface area contributed by atoms with Crippen molar-refractivity contribution in [2.75, 3.05) is 26.2 Å². The molecule has 0 bridgehead atoms. The third kappa shape index (κ3) is 6.99. The molecule has 0 aromatic heterocycles. The second-order valence-electron chi connectivity index (χ2n) is 9.88. The van der Waals surface area contributed by atoms with Crippen LogP contribution in [0.15, 0.2) is 54.6 Å². The number of carbonyl (C=O) groups excluding carboxylic acids is 3. The van der Waals surface area contributed by atoms with E-state index >= 15 is 0 Å². The standard InChI is InChI=1S/C28H31F3N4O3/c29-28(30,31)22-9-4-8-21(14-22)15-35-24(13-12-20-6-2-1-3-7-20)17-34(19-27(35)38)26(37)18-33-16-23(32)10-5-11-25(33)36/h1-4,6-9,14,24,32H,5,10-13,15-19H2/t24-/m0/s1. The van der Waals surface area contributed by atoms with Gasteiger partial charge in [0.2, 0.25) is 17.7 Å². The zero-order chi connectivity index (χ0) is 27.3. The van der Waals surface area contributed by atoms with Crippen LogP contribution in [0.25, 0.3) is 0 Å². The molecule has 10 heteroatoms. The highest BCUT2D eigenvalue weighted by Crippen LogP contribution is 2.30. The fourth-order valence-corrected chi connectivity index (χ4v) is 4.97. The van der Waals surface area contributed by atoms with Crippen molar-refractivity contribution >= 4 is 23.4 Å². The van der Waals surface area contributed by atoms with Crippen LogP contribution in [0.3, 0.4) is 0 Å². The Balaban J connectivity index is 1.51. The molecule has 2 heterocycles. The van der Waals surface area contributed by atoms with Crippen molar-refractivity contribution in [1.82, 2.24) is 14.7 Å². The van der Waals surface area contributed by atoms with Crippen LogP contribution in [0.4, 0.5) is 13.2 Å². The Morgan fingerprint density at radius 3 is 2.42 bits per heavy atom. The van der Waals surface area contributed by atoms with E-state index in [0.29, 0.717) is 37.0 Å². The van der Waals surface area contributed by atoms with E-state index in [0.717, 1.165) is 17.7 Å². The monoisotopic (exact) mass is 528 g/mol. The Hall–Kier alpha value is -3.69. The third-order valence-corrected chi connectivity index (χ3v) is 7.02. The van der Waals surface area contributed by atoms with Gasteiger partial charge in [0.1, 0.15) is 6.54 Å². The molecule has 0 aliphatic carbocycles. The SMILES string of the molecule is N=C1CCCC(=O)N(CC(=O)N2CC(=O)N(Cc3cccc(C(F)(F)F)c3)[C@@H](CCc3ccccc3)C2)C1. The zero-order valence-corrected chi connectivity index (χ0v) is 21.0. The molecule has 0 saturated carbocycles. The van der Waals surface area contributed by atoms with Gasteiger partial charge in [0, 0.05) is 25.2 Å². The van der Waals surface area contributed by atoms with Crippen molar-refractivity contribution in [3.63, 3.8) is 0 Å². The van der Waals surface area contributed by atoms with E-state index in [1.54, 1.807) is 11.0 Å². The molecule has 2 fully saturated rings. The molecule has 0 unspecified atom stereocenters. The van der Waals surface area contributed by atoms with Crippen LogP contribution >= 0.6 is 0 Å². The van der Waals surface area contributed by atoms with E-state index in [1.807, 2.05) is 30.3 Å². The van der Waals surface area contributed by atoms with Crippen molar-refractivity contribution in [1.29, 1.82) is 5.41 Å². The summed E-state index contributed by atoms with van der Waals surface area (Å²) in [7, 11) is 0. The fraction of sp³-hybridized carbons (Fsp3) is 0.429. The number of carbonyl (C=O) groups is 3. The highest BCUT2D eigenvalue weighted by Gasteiger charge is 2.36. The van der Waals surface area contributed by atoms with E-state index in [1.165, 1.54) is 15.9 Å². The molecule has 2 aliphatic rings. The number of hydrogen-bond donors (Lipinski definition) is 1. The Labute approximate surface area is 219 Å². The molecule has 3 amide bonds. The molecule has 0 radical (unpaired) electrons. The topological polar surface area (TPSA) is 84.8 Å². The zero-order valence-electron chi connectivity index (χ0n) is 21.0. The van der Waals surface area contributed by atoms with E-state index < -0.39 is 17.8 Å². The predicted octanol–water partition coefficient (Wildman–Crippen LogP) is 3.91. The first-order valence-electron chi connectivity index (χ1n) is 12.7. The lowest BCUT2D eigenvalue weighted by atomic mass is 10.00. The lowest BCUT2D eigenvalue weighted by Gasteiger charge is -2.42. The van der Waals surface area contributed by atoms with Gasteiger partial charge in [-0.05, 0) is 48.9 Å². The number of nitrogens with zero attached hydrogens (tertiary/aromatic N) is 3. The van der Waals surface area contributed by atoms with Crippen molar-refractivity contribution in [3.05, 3.63) is 71.3 Å². The van der Waals surface area contributed by atoms with Crippen LogP contribution < -0.4 is 0 Å².